The minimum absolute atomic E-state index is 0.0225. The van der Waals surface area contributed by atoms with Crippen LogP contribution in [0.3, 0.4) is 0 Å². The number of nitrogens with one attached hydrogen (secondary N) is 3. The summed E-state index contributed by atoms with van der Waals surface area (Å²) in [4.78, 5) is 33.4. The van der Waals surface area contributed by atoms with Gasteiger partial charge in [-0.3, -0.25) is 15.0 Å². The zero-order chi connectivity index (χ0) is 14.5. The number of hydrogen-bond donors (Lipinski definition) is 3. The van der Waals surface area contributed by atoms with Gasteiger partial charge in [-0.15, -0.1) is 0 Å². The van der Waals surface area contributed by atoms with E-state index in [2.05, 4.69) is 15.5 Å². The number of amides is 1. The normalized spacial score (nSPS) is 10.9. The van der Waals surface area contributed by atoms with Crippen LogP contribution in [0.25, 0.3) is 0 Å². The molecule has 106 valence electrons. The standard InChI is InChI=1S/C11H17N3O5/c1-11(2,3)19-10(17)12-4-5-18-9(16)7-6-8(15)14-13-7/h6H,4-5H2,1-3H3,(H,12,17)(H2,13,14,15). The van der Waals surface area contributed by atoms with E-state index in [1.165, 1.54) is 0 Å². The molecule has 0 saturated heterocycles. The fourth-order valence-corrected chi connectivity index (χ4v) is 1.13. The molecule has 3 N–H and O–H groups in total. The van der Waals surface area contributed by atoms with Crippen molar-refractivity contribution in [1.29, 1.82) is 0 Å². The number of rotatable bonds is 4. The Morgan fingerprint density at radius 1 is 1.32 bits per heavy atom. The lowest BCUT2D eigenvalue weighted by Crippen LogP contribution is -2.34. The Labute approximate surface area is 109 Å². The first-order chi connectivity index (χ1) is 8.78. The first-order valence-corrected chi connectivity index (χ1v) is 5.69. The van der Waals surface area contributed by atoms with Gasteiger partial charge in [0.2, 0.25) is 0 Å². The van der Waals surface area contributed by atoms with E-state index < -0.39 is 23.2 Å². The van der Waals surface area contributed by atoms with Crippen LogP contribution in [-0.4, -0.2) is 41.0 Å². The number of aromatic amines is 2. The van der Waals surface area contributed by atoms with Gasteiger partial charge in [-0.2, -0.15) is 0 Å². The van der Waals surface area contributed by atoms with Crippen molar-refractivity contribution >= 4 is 12.1 Å². The second kappa shape index (κ2) is 6.07. The Kier molecular flexibility index (Phi) is 4.74. The summed E-state index contributed by atoms with van der Waals surface area (Å²) in [5, 5.41) is 7.01. The number of alkyl carbamates (subject to hydrolysis) is 1. The van der Waals surface area contributed by atoms with Crippen LogP contribution in [0.1, 0.15) is 31.3 Å². The fraction of sp³-hybridized carbons (Fsp3) is 0.545. The van der Waals surface area contributed by atoms with Gasteiger partial charge < -0.3 is 14.8 Å². The molecule has 0 radical (unpaired) electrons. The van der Waals surface area contributed by atoms with Crippen LogP contribution in [0, 0.1) is 0 Å². The highest BCUT2D eigenvalue weighted by Crippen LogP contribution is 2.06. The molecule has 1 heterocycles. The molecular formula is C11H17N3O5. The Hall–Kier alpha value is -2.25. The molecule has 0 spiro atoms. The monoisotopic (exact) mass is 271 g/mol. The minimum Gasteiger partial charge on any atom is -0.459 e. The quantitative estimate of drug-likeness (QED) is 0.541. The highest BCUT2D eigenvalue weighted by Gasteiger charge is 2.15. The summed E-state index contributed by atoms with van der Waals surface area (Å²) in [5.74, 6) is -0.677. The van der Waals surface area contributed by atoms with Crippen LogP contribution in [0.5, 0.6) is 0 Å². The van der Waals surface area contributed by atoms with Crippen LogP contribution in [0.15, 0.2) is 10.9 Å². The molecule has 0 aliphatic heterocycles. The summed E-state index contributed by atoms with van der Waals surface area (Å²) in [6, 6.07) is 1.09. The Balaban J connectivity index is 2.23. The average Bonchev–Trinajstić information content (AvgIpc) is 2.68. The maximum Gasteiger partial charge on any atom is 0.407 e. The Morgan fingerprint density at radius 2 is 2.00 bits per heavy atom. The Morgan fingerprint density at radius 3 is 2.53 bits per heavy atom. The molecular weight excluding hydrogens is 254 g/mol. The third kappa shape index (κ3) is 5.75. The van der Waals surface area contributed by atoms with E-state index in [0.29, 0.717) is 0 Å². The van der Waals surface area contributed by atoms with E-state index in [1.807, 2.05) is 0 Å². The van der Waals surface area contributed by atoms with Crippen molar-refractivity contribution in [2.24, 2.45) is 0 Å². The van der Waals surface area contributed by atoms with Crippen LogP contribution in [0.4, 0.5) is 4.79 Å². The fourth-order valence-electron chi connectivity index (χ4n) is 1.13. The molecule has 0 aromatic carbocycles. The zero-order valence-corrected chi connectivity index (χ0v) is 11.0. The molecule has 19 heavy (non-hydrogen) atoms. The SMILES string of the molecule is CC(C)(C)OC(=O)NCCOC(=O)c1cc(=O)[nH][nH]1. The smallest absolute Gasteiger partial charge is 0.407 e. The topological polar surface area (TPSA) is 113 Å². The van der Waals surface area contributed by atoms with Crippen molar-refractivity contribution in [3.05, 3.63) is 22.1 Å². The van der Waals surface area contributed by atoms with Crippen molar-refractivity contribution in [3.8, 4) is 0 Å². The minimum atomic E-state index is -0.677. The highest BCUT2D eigenvalue weighted by molar-refractivity contribution is 5.86. The number of hydrogen-bond acceptors (Lipinski definition) is 5. The van der Waals surface area contributed by atoms with Crippen molar-refractivity contribution in [1.82, 2.24) is 15.5 Å². The van der Waals surface area contributed by atoms with Crippen molar-refractivity contribution < 1.29 is 19.1 Å². The van der Waals surface area contributed by atoms with Gasteiger partial charge in [-0.1, -0.05) is 0 Å². The van der Waals surface area contributed by atoms with Crippen molar-refractivity contribution in [2.45, 2.75) is 26.4 Å². The number of carbonyl (C=O) groups is 2. The molecule has 0 fully saturated rings. The van der Waals surface area contributed by atoms with Gasteiger partial charge in [0.25, 0.3) is 5.56 Å². The van der Waals surface area contributed by atoms with Gasteiger partial charge in [0.15, 0.2) is 0 Å². The van der Waals surface area contributed by atoms with Crippen LogP contribution < -0.4 is 10.9 Å². The van der Waals surface area contributed by atoms with Crippen LogP contribution >= 0.6 is 0 Å². The van der Waals surface area contributed by atoms with E-state index in [9.17, 15) is 14.4 Å². The van der Waals surface area contributed by atoms with Crippen molar-refractivity contribution in [2.75, 3.05) is 13.2 Å². The summed E-state index contributed by atoms with van der Waals surface area (Å²) in [7, 11) is 0. The maximum absolute atomic E-state index is 11.4. The molecule has 1 amide bonds. The summed E-state index contributed by atoms with van der Waals surface area (Å²) in [6.45, 7) is 5.33. The lowest BCUT2D eigenvalue weighted by atomic mass is 10.2. The third-order valence-electron chi connectivity index (χ3n) is 1.82. The van der Waals surface area contributed by atoms with Crippen LogP contribution in [0.2, 0.25) is 0 Å². The molecule has 1 rings (SSSR count). The molecule has 0 saturated carbocycles. The molecule has 0 bridgehead atoms. The molecule has 0 aliphatic carbocycles. The lowest BCUT2D eigenvalue weighted by molar-refractivity contribution is 0.0430. The zero-order valence-electron chi connectivity index (χ0n) is 11.0. The number of ether oxygens (including phenoxy) is 2. The second-order valence-electron chi connectivity index (χ2n) is 4.74. The molecule has 0 unspecified atom stereocenters. The molecule has 8 heteroatoms. The van der Waals surface area contributed by atoms with Crippen molar-refractivity contribution in [3.63, 3.8) is 0 Å². The largest absolute Gasteiger partial charge is 0.459 e. The Bertz CT molecular complexity index is 497. The number of carbonyl (C=O) groups excluding carboxylic acids is 2. The summed E-state index contributed by atoms with van der Waals surface area (Å²) in [6.07, 6.45) is -0.585. The molecule has 8 nitrogen and oxygen atoms in total. The molecule has 1 aromatic rings. The maximum atomic E-state index is 11.4. The number of H-pyrrole nitrogens is 2. The molecule has 0 atom stereocenters. The number of aromatic nitrogens is 2. The van der Waals surface area contributed by atoms with Crippen LogP contribution in [-0.2, 0) is 9.47 Å². The van der Waals surface area contributed by atoms with E-state index in [1.54, 1.807) is 20.8 Å². The second-order valence-corrected chi connectivity index (χ2v) is 4.74. The molecule has 1 aromatic heterocycles. The third-order valence-corrected chi connectivity index (χ3v) is 1.82. The summed E-state index contributed by atoms with van der Waals surface area (Å²) in [5.41, 5.74) is -0.966. The summed E-state index contributed by atoms with van der Waals surface area (Å²) >= 11 is 0. The summed E-state index contributed by atoms with van der Waals surface area (Å²) < 4.78 is 9.81. The van der Waals surface area contributed by atoms with Gasteiger partial charge in [0.05, 0.1) is 6.54 Å². The van der Waals surface area contributed by atoms with Gasteiger partial charge in [-0.05, 0) is 20.8 Å². The highest BCUT2D eigenvalue weighted by atomic mass is 16.6. The lowest BCUT2D eigenvalue weighted by Gasteiger charge is -2.19. The van der Waals surface area contributed by atoms with Gasteiger partial charge in [0, 0.05) is 6.07 Å². The molecule has 0 aliphatic rings. The van der Waals surface area contributed by atoms with E-state index >= 15 is 0 Å². The van der Waals surface area contributed by atoms with Gasteiger partial charge in [0.1, 0.15) is 17.9 Å². The average molecular weight is 271 g/mol. The first kappa shape index (κ1) is 14.8. The van der Waals surface area contributed by atoms with E-state index in [4.69, 9.17) is 9.47 Å². The first-order valence-electron chi connectivity index (χ1n) is 5.69. The van der Waals surface area contributed by atoms with Gasteiger partial charge in [-0.25, -0.2) is 9.59 Å². The predicted molar refractivity (Wildman–Crippen MR) is 65.9 cm³/mol. The predicted octanol–water partition coefficient (Wildman–Crippen LogP) is 0.384. The number of esters is 1. The van der Waals surface area contributed by atoms with E-state index in [-0.39, 0.29) is 18.8 Å². The van der Waals surface area contributed by atoms with Gasteiger partial charge >= 0.3 is 12.1 Å². The van der Waals surface area contributed by atoms with E-state index in [0.717, 1.165) is 6.07 Å².